The molecule has 1 aromatic carbocycles. The summed E-state index contributed by atoms with van der Waals surface area (Å²) in [7, 11) is 0. The Morgan fingerprint density at radius 2 is 2.08 bits per heavy atom. The topological polar surface area (TPSA) is 101 Å². The Kier molecular flexibility index (Phi) is 4.21. The van der Waals surface area contributed by atoms with Crippen molar-refractivity contribution in [2.75, 3.05) is 23.8 Å². The SMILES string of the molecule is O=C(Nc1ccc2c(c1)OCCCO2)Nc1cn[nH]c1-c1nccs1. The number of fused-ring (bicyclic) bond motifs is 1. The van der Waals surface area contributed by atoms with Crippen LogP contribution < -0.4 is 20.1 Å². The van der Waals surface area contributed by atoms with Crippen molar-refractivity contribution >= 4 is 28.7 Å². The molecular weight excluding hydrogens is 342 g/mol. The second-order valence-electron chi connectivity index (χ2n) is 5.29. The zero-order valence-electron chi connectivity index (χ0n) is 13.1. The number of aromatic amines is 1. The first-order chi connectivity index (χ1) is 12.3. The molecule has 3 heterocycles. The van der Waals surface area contributed by atoms with Gasteiger partial charge in [0.05, 0.1) is 25.1 Å². The van der Waals surface area contributed by atoms with Crippen molar-refractivity contribution < 1.29 is 14.3 Å². The first-order valence-corrected chi connectivity index (χ1v) is 8.58. The van der Waals surface area contributed by atoms with Crippen molar-refractivity contribution in [2.24, 2.45) is 0 Å². The first kappa shape index (κ1) is 15.5. The van der Waals surface area contributed by atoms with E-state index < -0.39 is 0 Å². The van der Waals surface area contributed by atoms with Gasteiger partial charge < -0.3 is 20.1 Å². The van der Waals surface area contributed by atoms with Crippen molar-refractivity contribution in [2.45, 2.75) is 6.42 Å². The Balaban J connectivity index is 1.46. The van der Waals surface area contributed by atoms with Crippen LogP contribution >= 0.6 is 11.3 Å². The summed E-state index contributed by atoms with van der Waals surface area (Å²) in [6.45, 7) is 1.22. The Hall–Kier alpha value is -3.07. The maximum atomic E-state index is 12.3. The largest absolute Gasteiger partial charge is 0.490 e. The molecule has 3 aromatic rings. The fraction of sp³-hybridized carbons (Fsp3) is 0.188. The number of aromatic nitrogens is 3. The van der Waals surface area contributed by atoms with Crippen LogP contribution in [-0.2, 0) is 0 Å². The standard InChI is InChI=1S/C16H15N5O3S/c22-16(20-11-9-18-21-14(11)15-17-4-7-25-15)19-10-2-3-12-13(8-10)24-6-1-5-23-12/h2-4,7-9H,1,5-6H2,(H,18,21)(H2,19,20,22). The van der Waals surface area contributed by atoms with E-state index in [0.717, 1.165) is 11.4 Å². The molecule has 2 aromatic heterocycles. The molecule has 0 atom stereocenters. The third kappa shape index (κ3) is 3.41. The summed E-state index contributed by atoms with van der Waals surface area (Å²) in [6.07, 6.45) is 4.07. The number of amides is 2. The van der Waals surface area contributed by atoms with Crippen LogP contribution in [0.5, 0.6) is 11.5 Å². The number of hydrogen-bond donors (Lipinski definition) is 3. The summed E-state index contributed by atoms with van der Waals surface area (Å²) in [5.41, 5.74) is 1.84. The number of carbonyl (C=O) groups excluding carboxylic acids is 1. The number of rotatable bonds is 3. The highest BCUT2D eigenvalue weighted by Crippen LogP contribution is 2.32. The Morgan fingerprint density at radius 1 is 1.20 bits per heavy atom. The van der Waals surface area contributed by atoms with E-state index in [1.54, 1.807) is 30.6 Å². The van der Waals surface area contributed by atoms with Gasteiger partial charge in [-0.2, -0.15) is 5.10 Å². The second-order valence-corrected chi connectivity index (χ2v) is 6.18. The molecule has 0 bridgehead atoms. The lowest BCUT2D eigenvalue weighted by Gasteiger charge is -2.11. The van der Waals surface area contributed by atoms with Gasteiger partial charge in [-0.25, -0.2) is 9.78 Å². The first-order valence-electron chi connectivity index (χ1n) is 7.70. The minimum absolute atomic E-state index is 0.381. The molecule has 0 saturated heterocycles. The van der Waals surface area contributed by atoms with E-state index in [4.69, 9.17) is 9.47 Å². The van der Waals surface area contributed by atoms with Gasteiger partial charge in [0, 0.05) is 29.8 Å². The van der Waals surface area contributed by atoms with Gasteiger partial charge in [-0.05, 0) is 12.1 Å². The van der Waals surface area contributed by atoms with Gasteiger partial charge in [-0.3, -0.25) is 5.10 Å². The maximum Gasteiger partial charge on any atom is 0.323 e. The Morgan fingerprint density at radius 3 is 2.92 bits per heavy atom. The van der Waals surface area contributed by atoms with Crippen LogP contribution in [0, 0.1) is 0 Å². The van der Waals surface area contributed by atoms with Crippen LogP contribution in [0.2, 0.25) is 0 Å². The monoisotopic (exact) mass is 357 g/mol. The lowest BCUT2D eigenvalue weighted by Crippen LogP contribution is -2.19. The average Bonchev–Trinajstić information content (AvgIpc) is 3.22. The van der Waals surface area contributed by atoms with Crippen LogP contribution in [0.1, 0.15) is 6.42 Å². The average molecular weight is 357 g/mol. The van der Waals surface area contributed by atoms with E-state index >= 15 is 0 Å². The van der Waals surface area contributed by atoms with Gasteiger partial charge in [0.2, 0.25) is 0 Å². The highest BCUT2D eigenvalue weighted by Gasteiger charge is 2.14. The molecule has 2 amide bonds. The summed E-state index contributed by atoms with van der Waals surface area (Å²) >= 11 is 1.46. The molecule has 0 unspecified atom stereocenters. The number of hydrogen-bond acceptors (Lipinski definition) is 6. The van der Waals surface area contributed by atoms with E-state index in [2.05, 4.69) is 25.8 Å². The molecule has 9 heteroatoms. The lowest BCUT2D eigenvalue weighted by atomic mass is 10.3. The molecule has 3 N–H and O–H groups in total. The molecular formula is C16H15N5O3S. The minimum atomic E-state index is -0.381. The zero-order valence-corrected chi connectivity index (χ0v) is 13.9. The predicted molar refractivity (Wildman–Crippen MR) is 94.4 cm³/mol. The zero-order chi connectivity index (χ0) is 17.1. The van der Waals surface area contributed by atoms with Crippen LogP contribution in [0.3, 0.4) is 0 Å². The number of nitrogens with zero attached hydrogens (tertiary/aromatic N) is 2. The van der Waals surface area contributed by atoms with Gasteiger partial charge in [0.1, 0.15) is 10.7 Å². The quantitative estimate of drug-likeness (QED) is 0.667. The molecule has 1 aliphatic rings. The summed E-state index contributed by atoms with van der Waals surface area (Å²) in [5, 5.41) is 15.0. The molecule has 8 nitrogen and oxygen atoms in total. The predicted octanol–water partition coefficient (Wildman–Crippen LogP) is 3.34. The molecule has 0 fully saturated rings. The van der Waals surface area contributed by atoms with E-state index in [1.165, 1.54) is 11.3 Å². The van der Waals surface area contributed by atoms with Gasteiger partial charge in [-0.1, -0.05) is 0 Å². The normalized spacial score (nSPS) is 13.1. The fourth-order valence-corrected chi connectivity index (χ4v) is 3.06. The maximum absolute atomic E-state index is 12.3. The molecule has 1 aliphatic heterocycles. The van der Waals surface area contributed by atoms with Gasteiger partial charge in [0.25, 0.3) is 0 Å². The van der Waals surface area contributed by atoms with Gasteiger partial charge in [0.15, 0.2) is 11.5 Å². The van der Waals surface area contributed by atoms with Crippen molar-refractivity contribution in [1.29, 1.82) is 0 Å². The fourth-order valence-electron chi connectivity index (χ4n) is 2.42. The van der Waals surface area contributed by atoms with E-state index in [9.17, 15) is 4.79 Å². The van der Waals surface area contributed by atoms with Crippen LogP contribution in [0.15, 0.2) is 36.0 Å². The third-order valence-corrected chi connectivity index (χ3v) is 4.33. The van der Waals surface area contributed by atoms with Crippen LogP contribution in [0.25, 0.3) is 10.7 Å². The highest BCUT2D eigenvalue weighted by atomic mass is 32.1. The molecule has 0 spiro atoms. The van der Waals surface area contributed by atoms with E-state index in [1.807, 2.05) is 5.38 Å². The number of thiazole rings is 1. The lowest BCUT2D eigenvalue weighted by molar-refractivity contribution is 0.262. The molecule has 0 aliphatic carbocycles. The Labute approximate surface area is 147 Å². The van der Waals surface area contributed by atoms with Gasteiger partial charge >= 0.3 is 6.03 Å². The highest BCUT2D eigenvalue weighted by molar-refractivity contribution is 7.13. The van der Waals surface area contributed by atoms with Crippen molar-refractivity contribution in [3.8, 4) is 22.2 Å². The molecule has 0 saturated carbocycles. The number of benzene rings is 1. The van der Waals surface area contributed by atoms with Crippen LogP contribution in [0.4, 0.5) is 16.2 Å². The number of urea groups is 1. The number of anilines is 2. The van der Waals surface area contributed by atoms with Crippen LogP contribution in [-0.4, -0.2) is 34.4 Å². The Bertz CT molecular complexity index is 878. The van der Waals surface area contributed by atoms with Gasteiger partial charge in [-0.15, -0.1) is 11.3 Å². The summed E-state index contributed by atoms with van der Waals surface area (Å²) in [4.78, 5) is 16.5. The minimum Gasteiger partial charge on any atom is -0.490 e. The summed E-state index contributed by atoms with van der Waals surface area (Å²) in [6, 6.07) is 4.92. The number of nitrogens with one attached hydrogen (secondary N) is 3. The van der Waals surface area contributed by atoms with E-state index in [-0.39, 0.29) is 6.03 Å². The number of ether oxygens (including phenoxy) is 2. The molecule has 0 radical (unpaired) electrons. The number of H-pyrrole nitrogens is 1. The molecule has 4 rings (SSSR count). The van der Waals surface area contributed by atoms with Crippen molar-refractivity contribution in [1.82, 2.24) is 15.2 Å². The van der Waals surface area contributed by atoms with Crippen molar-refractivity contribution in [3.63, 3.8) is 0 Å². The molecule has 128 valence electrons. The van der Waals surface area contributed by atoms with Crippen molar-refractivity contribution in [3.05, 3.63) is 36.0 Å². The number of carbonyl (C=O) groups is 1. The summed E-state index contributed by atoms with van der Waals surface area (Å²) < 4.78 is 11.2. The smallest absolute Gasteiger partial charge is 0.323 e. The molecule has 25 heavy (non-hydrogen) atoms. The third-order valence-electron chi connectivity index (χ3n) is 3.54. The second kappa shape index (κ2) is 6.81. The summed E-state index contributed by atoms with van der Waals surface area (Å²) in [5.74, 6) is 1.31. The van der Waals surface area contributed by atoms with E-state index in [0.29, 0.717) is 41.8 Å².